The summed E-state index contributed by atoms with van der Waals surface area (Å²) in [6.07, 6.45) is 1.15. The molecule has 21 heavy (non-hydrogen) atoms. The second-order valence-electron chi connectivity index (χ2n) is 3.96. The van der Waals surface area contributed by atoms with Crippen molar-refractivity contribution in [3.8, 4) is 0 Å². The molecule has 0 aliphatic carbocycles. The maximum atomic E-state index is 13.7. The third-order valence-corrected chi connectivity index (χ3v) is 2.77. The SMILES string of the molecule is CCNc1ncnc(Nc2ccc(Cl)cc2F)c1[N+](=O)[O-]. The molecule has 0 saturated carbocycles. The number of aromatic nitrogens is 2. The summed E-state index contributed by atoms with van der Waals surface area (Å²) in [6.45, 7) is 2.23. The fraction of sp³-hybridized carbons (Fsp3) is 0.167. The molecule has 110 valence electrons. The molecule has 0 spiro atoms. The van der Waals surface area contributed by atoms with Crippen molar-refractivity contribution in [2.75, 3.05) is 17.2 Å². The van der Waals surface area contributed by atoms with E-state index in [9.17, 15) is 14.5 Å². The zero-order valence-electron chi connectivity index (χ0n) is 10.9. The molecular weight excluding hydrogens is 301 g/mol. The second kappa shape index (κ2) is 6.31. The highest BCUT2D eigenvalue weighted by molar-refractivity contribution is 6.30. The summed E-state index contributed by atoms with van der Waals surface area (Å²) in [7, 11) is 0. The van der Waals surface area contributed by atoms with Crippen molar-refractivity contribution in [1.29, 1.82) is 0 Å². The molecule has 2 rings (SSSR count). The molecule has 1 aromatic heterocycles. The maximum absolute atomic E-state index is 13.7. The lowest BCUT2D eigenvalue weighted by Gasteiger charge is -2.09. The van der Waals surface area contributed by atoms with Gasteiger partial charge >= 0.3 is 5.69 Å². The highest BCUT2D eigenvalue weighted by Gasteiger charge is 2.23. The molecule has 9 heteroatoms. The summed E-state index contributed by atoms with van der Waals surface area (Å²) in [4.78, 5) is 18.2. The molecule has 7 nitrogen and oxygen atoms in total. The fourth-order valence-corrected chi connectivity index (χ4v) is 1.82. The van der Waals surface area contributed by atoms with Gasteiger partial charge in [0.25, 0.3) is 0 Å². The normalized spacial score (nSPS) is 10.2. The van der Waals surface area contributed by atoms with E-state index in [0.717, 1.165) is 12.4 Å². The molecule has 0 fully saturated rings. The minimum Gasteiger partial charge on any atom is -0.364 e. The van der Waals surface area contributed by atoms with Gasteiger partial charge in [0.15, 0.2) is 0 Å². The van der Waals surface area contributed by atoms with Gasteiger partial charge in [0, 0.05) is 11.6 Å². The van der Waals surface area contributed by atoms with E-state index < -0.39 is 10.7 Å². The van der Waals surface area contributed by atoms with E-state index in [1.807, 2.05) is 0 Å². The van der Waals surface area contributed by atoms with Crippen LogP contribution in [-0.4, -0.2) is 21.4 Å². The molecule has 0 unspecified atom stereocenters. The first-order valence-corrected chi connectivity index (χ1v) is 6.36. The fourth-order valence-electron chi connectivity index (χ4n) is 1.66. The Labute approximate surface area is 124 Å². The van der Waals surface area contributed by atoms with Crippen LogP contribution in [0.5, 0.6) is 0 Å². The van der Waals surface area contributed by atoms with Gasteiger partial charge in [-0.15, -0.1) is 0 Å². The van der Waals surface area contributed by atoms with Gasteiger partial charge < -0.3 is 10.6 Å². The van der Waals surface area contributed by atoms with Crippen molar-refractivity contribution in [3.63, 3.8) is 0 Å². The molecule has 0 atom stereocenters. The number of rotatable bonds is 5. The molecule has 2 aromatic rings. The van der Waals surface area contributed by atoms with Crippen molar-refractivity contribution in [1.82, 2.24) is 9.97 Å². The summed E-state index contributed by atoms with van der Waals surface area (Å²) in [5, 5.41) is 16.7. The average Bonchev–Trinajstić information content (AvgIpc) is 2.42. The van der Waals surface area contributed by atoms with Crippen molar-refractivity contribution < 1.29 is 9.31 Å². The Morgan fingerprint density at radius 1 is 1.38 bits per heavy atom. The lowest BCUT2D eigenvalue weighted by molar-refractivity contribution is -0.383. The average molecular weight is 312 g/mol. The quantitative estimate of drug-likeness (QED) is 0.649. The van der Waals surface area contributed by atoms with Crippen LogP contribution in [0.3, 0.4) is 0 Å². The Kier molecular flexibility index (Phi) is 4.49. The minimum absolute atomic E-state index is 0.0312. The van der Waals surface area contributed by atoms with Crippen molar-refractivity contribution in [2.45, 2.75) is 6.92 Å². The van der Waals surface area contributed by atoms with Crippen LogP contribution < -0.4 is 10.6 Å². The molecule has 1 aromatic carbocycles. The molecule has 1 heterocycles. The number of hydrogen-bond acceptors (Lipinski definition) is 6. The van der Waals surface area contributed by atoms with Gasteiger partial charge in [0.2, 0.25) is 11.6 Å². The van der Waals surface area contributed by atoms with E-state index in [1.54, 1.807) is 6.92 Å². The van der Waals surface area contributed by atoms with E-state index in [0.29, 0.717) is 6.54 Å². The Morgan fingerprint density at radius 2 is 2.10 bits per heavy atom. The Morgan fingerprint density at radius 3 is 2.71 bits per heavy atom. The molecule has 2 N–H and O–H groups in total. The van der Waals surface area contributed by atoms with Crippen LogP contribution in [0, 0.1) is 15.9 Å². The Hall–Kier alpha value is -2.48. The van der Waals surface area contributed by atoms with Crippen LogP contribution in [0.2, 0.25) is 5.02 Å². The van der Waals surface area contributed by atoms with Gasteiger partial charge in [-0.05, 0) is 25.1 Å². The zero-order valence-corrected chi connectivity index (χ0v) is 11.7. The monoisotopic (exact) mass is 311 g/mol. The molecule has 0 aliphatic rings. The standard InChI is InChI=1S/C12H11ClFN5O2/c1-2-15-11-10(19(20)21)12(17-6-16-11)18-9-4-3-7(13)5-8(9)14/h3-6H,2H2,1H3,(H2,15,16,17,18). The molecular formula is C12H11ClFN5O2. The third-order valence-electron chi connectivity index (χ3n) is 2.53. The summed E-state index contributed by atoms with van der Waals surface area (Å²) < 4.78 is 13.7. The van der Waals surface area contributed by atoms with Crippen LogP contribution in [0.15, 0.2) is 24.5 Å². The van der Waals surface area contributed by atoms with Crippen molar-refractivity contribution in [3.05, 3.63) is 45.5 Å². The van der Waals surface area contributed by atoms with E-state index >= 15 is 0 Å². The topological polar surface area (TPSA) is 93.0 Å². The van der Waals surface area contributed by atoms with Gasteiger partial charge in [0.1, 0.15) is 12.1 Å². The largest absolute Gasteiger partial charge is 0.364 e. The van der Waals surface area contributed by atoms with Crippen LogP contribution in [-0.2, 0) is 0 Å². The molecule has 0 radical (unpaired) electrons. The summed E-state index contributed by atoms with van der Waals surface area (Å²) >= 11 is 5.66. The van der Waals surface area contributed by atoms with Crippen LogP contribution in [0.25, 0.3) is 0 Å². The first kappa shape index (κ1) is 14.9. The molecule has 0 amide bonds. The van der Waals surface area contributed by atoms with Gasteiger partial charge in [-0.2, -0.15) is 0 Å². The maximum Gasteiger partial charge on any atom is 0.353 e. The van der Waals surface area contributed by atoms with Gasteiger partial charge in [0.05, 0.1) is 10.6 Å². The zero-order chi connectivity index (χ0) is 15.4. The van der Waals surface area contributed by atoms with Crippen LogP contribution in [0.4, 0.5) is 27.4 Å². The van der Waals surface area contributed by atoms with Crippen LogP contribution >= 0.6 is 11.6 Å². The van der Waals surface area contributed by atoms with E-state index in [4.69, 9.17) is 11.6 Å². The smallest absolute Gasteiger partial charge is 0.353 e. The Bertz CT molecular complexity index is 683. The second-order valence-corrected chi connectivity index (χ2v) is 4.39. The first-order valence-electron chi connectivity index (χ1n) is 5.98. The Balaban J connectivity index is 2.43. The molecule has 0 bridgehead atoms. The van der Waals surface area contributed by atoms with Crippen molar-refractivity contribution in [2.24, 2.45) is 0 Å². The van der Waals surface area contributed by atoms with Crippen molar-refractivity contribution >= 4 is 34.6 Å². The number of nitrogens with zero attached hydrogens (tertiary/aromatic N) is 3. The van der Waals surface area contributed by atoms with Gasteiger partial charge in [-0.3, -0.25) is 10.1 Å². The number of nitro groups is 1. The van der Waals surface area contributed by atoms with Crippen LogP contribution in [0.1, 0.15) is 6.92 Å². The highest BCUT2D eigenvalue weighted by Crippen LogP contribution is 2.32. The number of halogens is 2. The van der Waals surface area contributed by atoms with E-state index in [1.165, 1.54) is 12.1 Å². The summed E-state index contributed by atoms with van der Waals surface area (Å²) in [5.74, 6) is -0.679. The number of anilines is 3. The summed E-state index contributed by atoms with van der Waals surface area (Å²) in [6, 6.07) is 3.93. The van der Waals surface area contributed by atoms with E-state index in [2.05, 4.69) is 20.6 Å². The summed E-state index contributed by atoms with van der Waals surface area (Å²) in [5.41, 5.74) is -0.322. The predicted molar refractivity (Wildman–Crippen MR) is 77.5 cm³/mol. The minimum atomic E-state index is -0.639. The van der Waals surface area contributed by atoms with Gasteiger partial charge in [-0.25, -0.2) is 14.4 Å². The number of hydrogen-bond donors (Lipinski definition) is 2. The lowest BCUT2D eigenvalue weighted by atomic mass is 10.3. The molecule has 0 saturated heterocycles. The number of nitrogens with one attached hydrogen (secondary N) is 2. The first-order chi connectivity index (χ1) is 10.0. The lowest BCUT2D eigenvalue weighted by Crippen LogP contribution is -2.08. The third kappa shape index (κ3) is 3.34. The highest BCUT2D eigenvalue weighted by atomic mass is 35.5. The van der Waals surface area contributed by atoms with Gasteiger partial charge in [-0.1, -0.05) is 11.6 Å². The predicted octanol–water partition coefficient (Wildman–Crippen LogP) is 3.35. The number of benzene rings is 1. The molecule has 0 aliphatic heterocycles. The van der Waals surface area contributed by atoms with E-state index in [-0.39, 0.29) is 28.0 Å².